The van der Waals surface area contributed by atoms with Gasteiger partial charge in [0.25, 0.3) is 0 Å². The lowest BCUT2D eigenvalue weighted by atomic mass is 9.85. The molecule has 1 aliphatic rings. The standard InChI is InChI=1S/C15H19N3O3/c1-10-16-17-14-7-6-13(9-18(10)14)21-12-4-2-11(3-5-12)8-15(19)20/h6-7,9,11-12H,2-5,8H2,1H3,(H,19,20). The van der Waals surface area contributed by atoms with Gasteiger partial charge in [-0.2, -0.15) is 0 Å². The maximum absolute atomic E-state index is 10.7. The maximum atomic E-state index is 10.7. The number of aryl methyl sites for hydroxylation is 1. The summed E-state index contributed by atoms with van der Waals surface area (Å²) in [5, 5.41) is 16.9. The third kappa shape index (κ3) is 3.15. The van der Waals surface area contributed by atoms with E-state index in [0.717, 1.165) is 42.9 Å². The molecule has 2 aromatic heterocycles. The fourth-order valence-electron chi connectivity index (χ4n) is 2.95. The Bertz CT molecular complexity index is 645. The van der Waals surface area contributed by atoms with E-state index < -0.39 is 5.97 Å². The van der Waals surface area contributed by atoms with Crippen molar-refractivity contribution in [3.8, 4) is 5.75 Å². The monoisotopic (exact) mass is 289 g/mol. The first kappa shape index (κ1) is 13.9. The van der Waals surface area contributed by atoms with Crippen LogP contribution >= 0.6 is 0 Å². The molecule has 0 radical (unpaired) electrons. The predicted octanol–water partition coefficient (Wildman–Crippen LogP) is 2.45. The molecule has 2 aromatic rings. The summed E-state index contributed by atoms with van der Waals surface area (Å²) in [6.07, 6.45) is 6.03. The number of aliphatic carboxylic acids is 1. The van der Waals surface area contributed by atoms with Gasteiger partial charge < -0.3 is 9.84 Å². The summed E-state index contributed by atoms with van der Waals surface area (Å²) in [6, 6.07) is 3.80. The van der Waals surface area contributed by atoms with E-state index in [4.69, 9.17) is 9.84 Å². The molecule has 0 spiro atoms. The largest absolute Gasteiger partial charge is 0.489 e. The fourth-order valence-corrected chi connectivity index (χ4v) is 2.95. The van der Waals surface area contributed by atoms with Crippen LogP contribution in [0.4, 0.5) is 0 Å². The van der Waals surface area contributed by atoms with Crippen molar-refractivity contribution in [3.05, 3.63) is 24.2 Å². The van der Waals surface area contributed by atoms with Crippen molar-refractivity contribution >= 4 is 11.6 Å². The number of aromatic nitrogens is 3. The Morgan fingerprint density at radius 1 is 1.33 bits per heavy atom. The van der Waals surface area contributed by atoms with E-state index >= 15 is 0 Å². The highest BCUT2D eigenvalue weighted by molar-refractivity contribution is 5.67. The SMILES string of the molecule is Cc1nnc2ccc(OC3CCC(CC(=O)O)CC3)cn12. The highest BCUT2D eigenvalue weighted by Gasteiger charge is 2.24. The minimum Gasteiger partial charge on any atom is -0.489 e. The molecule has 2 heterocycles. The van der Waals surface area contributed by atoms with Crippen LogP contribution in [-0.4, -0.2) is 31.8 Å². The second-order valence-electron chi connectivity index (χ2n) is 5.70. The van der Waals surface area contributed by atoms with Crippen LogP contribution in [-0.2, 0) is 4.79 Å². The summed E-state index contributed by atoms with van der Waals surface area (Å²) in [5.74, 6) is 1.24. The lowest BCUT2D eigenvalue weighted by Crippen LogP contribution is -2.25. The third-order valence-corrected chi connectivity index (χ3v) is 4.11. The average Bonchev–Trinajstić information content (AvgIpc) is 2.82. The molecule has 21 heavy (non-hydrogen) atoms. The van der Waals surface area contributed by atoms with Gasteiger partial charge in [-0.3, -0.25) is 9.20 Å². The van der Waals surface area contributed by atoms with Gasteiger partial charge in [-0.15, -0.1) is 10.2 Å². The van der Waals surface area contributed by atoms with Crippen molar-refractivity contribution in [3.63, 3.8) is 0 Å². The van der Waals surface area contributed by atoms with Crippen LogP contribution < -0.4 is 4.74 Å². The van der Waals surface area contributed by atoms with Gasteiger partial charge in [-0.05, 0) is 50.7 Å². The van der Waals surface area contributed by atoms with Crippen LogP contribution in [0, 0.1) is 12.8 Å². The van der Waals surface area contributed by atoms with Gasteiger partial charge >= 0.3 is 5.97 Å². The Balaban J connectivity index is 1.61. The maximum Gasteiger partial charge on any atom is 0.303 e. The molecule has 0 saturated heterocycles. The summed E-state index contributed by atoms with van der Waals surface area (Å²) in [6.45, 7) is 1.90. The van der Waals surface area contributed by atoms with E-state index in [-0.39, 0.29) is 12.5 Å². The predicted molar refractivity (Wildman–Crippen MR) is 76.4 cm³/mol. The van der Waals surface area contributed by atoms with Crippen molar-refractivity contribution in [2.24, 2.45) is 5.92 Å². The lowest BCUT2D eigenvalue weighted by molar-refractivity contribution is -0.138. The first-order chi connectivity index (χ1) is 10.1. The van der Waals surface area contributed by atoms with Gasteiger partial charge in [-0.1, -0.05) is 0 Å². The van der Waals surface area contributed by atoms with Gasteiger partial charge in [0.2, 0.25) is 0 Å². The zero-order valence-corrected chi connectivity index (χ0v) is 12.0. The summed E-state index contributed by atoms with van der Waals surface area (Å²) >= 11 is 0. The van der Waals surface area contributed by atoms with Gasteiger partial charge in [0, 0.05) is 6.42 Å². The summed E-state index contributed by atoms with van der Waals surface area (Å²) < 4.78 is 7.93. The Kier molecular flexibility index (Phi) is 3.77. The molecule has 0 bridgehead atoms. The van der Waals surface area contributed by atoms with Gasteiger partial charge in [0.15, 0.2) is 5.65 Å². The molecule has 6 heteroatoms. The minimum atomic E-state index is -0.701. The second-order valence-corrected chi connectivity index (χ2v) is 5.70. The van der Waals surface area contributed by atoms with Crippen LogP contribution in [0.25, 0.3) is 5.65 Å². The Labute approximate surface area is 122 Å². The van der Waals surface area contributed by atoms with Crippen molar-refractivity contribution < 1.29 is 14.6 Å². The molecule has 6 nitrogen and oxygen atoms in total. The molecule has 1 fully saturated rings. The smallest absolute Gasteiger partial charge is 0.303 e. The van der Waals surface area contributed by atoms with Crippen molar-refractivity contribution in [1.82, 2.24) is 14.6 Å². The average molecular weight is 289 g/mol. The molecule has 112 valence electrons. The number of carboxylic acid groups (broad SMARTS) is 1. The van der Waals surface area contributed by atoms with E-state index in [9.17, 15) is 4.79 Å². The summed E-state index contributed by atoms with van der Waals surface area (Å²) in [7, 11) is 0. The number of hydrogen-bond acceptors (Lipinski definition) is 4. The number of hydrogen-bond donors (Lipinski definition) is 1. The second kappa shape index (κ2) is 5.71. The molecular formula is C15H19N3O3. The van der Waals surface area contributed by atoms with Crippen molar-refractivity contribution in [2.45, 2.75) is 45.1 Å². The quantitative estimate of drug-likeness (QED) is 0.935. The van der Waals surface area contributed by atoms with E-state index in [1.165, 1.54) is 0 Å². The van der Waals surface area contributed by atoms with E-state index in [1.54, 1.807) is 0 Å². The van der Waals surface area contributed by atoms with Crippen LogP contribution in [0.1, 0.15) is 37.9 Å². The van der Waals surface area contributed by atoms with Crippen LogP contribution in [0.2, 0.25) is 0 Å². The molecule has 1 N–H and O–H groups in total. The van der Waals surface area contributed by atoms with Crippen LogP contribution in [0.3, 0.4) is 0 Å². The number of rotatable bonds is 4. The molecule has 0 unspecified atom stereocenters. The highest BCUT2D eigenvalue weighted by Crippen LogP contribution is 2.29. The number of carboxylic acids is 1. The third-order valence-electron chi connectivity index (χ3n) is 4.11. The number of fused-ring (bicyclic) bond motifs is 1. The summed E-state index contributed by atoms with van der Waals surface area (Å²) in [4.78, 5) is 10.7. The van der Waals surface area contributed by atoms with Crippen molar-refractivity contribution in [2.75, 3.05) is 0 Å². The number of ether oxygens (including phenoxy) is 1. The van der Waals surface area contributed by atoms with Gasteiger partial charge in [-0.25, -0.2) is 0 Å². The molecule has 3 rings (SSSR count). The van der Waals surface area contributed by atoms with E-state index in [2.05, 4.69) is 10.2 Å². The first-order valence-electron chi connectivity index (χ1n) is 7.31. The topological polar surface area (TPSA) is 76.7 Å². The Morgan fingerprint density at radius 2 is 2.10 bits per heavy atom. The zero-order valence-electron chi connectivity index (χ0n) is 12.0. The molecular weight excluding hydrogens is 270 g/mol. The first-order valence-corrected chi connectivity index (χ1v) is 7.31. The molecule has 0 atom stereocenters. The lowest BCUT2D eigenvalue weighted by Gasteiger charge is -2.28. The van der Waals surface area contributed by atoms with Crippen molar-refractivity contribution in [1.29, 1.82) is 0 Å². The number of nitrogens with zero attached hydrogens (tertiary/aromatic N) is 3. The Morgan fingerprint density at radius 3 is 2.81 bits per heavy atom. The van der Waals surface area contributed by atoms with Gasteiger partial charge in [0.1, 0.15) is 11.6 Å². The highest BCUT2D eigenvalue weighted by atomic mass is 16.5. The van der Waals surface area contributed by atoms with Gasteiger partial charge in [0.05, 0.1) is 12.3 Å². The molecule has 0 aromatic carbocycles. The van der Waals surface area contributed by atoms with Crippen LogP contribution in [0.5, 0.6) is 5.75 Å². The fraction of sp³-hybridized carbons (Fsp3) is 0.533. The van der Waals surface area contributed by atoms with E-state index in [0.29, 0.717) is 5.92 Å². The molecule has 0 amide bonds. The van der Waals surface area contributed by atoms with Crippen LogP contribution in [0.15, 0.2) is 18.3 Å². The molecule has 0 aliphatic heterocycles. The minimum absolute atomic E-state index is 0.171. The normalized spacial score (nSPS) is 22.3. The molecule has 1 saturated carbocycles. The van der Waals surface area contributed by atoms with E-state index in [1.807, 2.05) is 29.7 Å². The Hall–Kier alpha value is -2.11. The molecule has 1 aliphatic carbocycles. The summed E-state index contributed by atoms with van der Waals surface area (Å²) in [5.41, 5.74) is 0.810. The number of carbonyl (C=O) groups is 1. The number of pyridine rings is 1. The zero-order chi connectivity index (χ0) is 14.8.